The van der Waals surface area contributed by atoms with Crippen LogP contribution in [0.15, 0.2) is 0 Å². The lowest BCUT2D eigenvalue weighted by Gasteiger charge is -2.40. The quantitative estimate of drug-likeness (QED) is 0.0199. The molecule has 560 valence electrons. The van der Waals surface area contributed by atoms with Crippen LogP contribution in [0.1, 0.15) is 26.2 Å². The molecule has 0 spiro atoms. The van der Waals surface area contributed by atoms with Gasteiger partial charge in [-0.25, -0.2) is 13.7 Å². The normalized spacial score (nSPS) is 27.5. The Hall–Kier alpha value is -2.22. The highest BCUT2D eigenvalue weighted by atomic mass is 31.2. The van der Waals surface area contributed by atoms with Crippen molar-refractivity contribution in [2.45, 2.75) is 118 Å². The number of rotatable bonds is 54. The first-order valence-corrected chi connectivity index (χ1v) is 34.5. The van der Waals surface area contributed by atoms with E-state index in [-0.39, 0.29) is 195 Å². The number of amides is 3. The van der Waals surface area contributed by atoms with E-state index in [9.17, 15) is 74.0 Å². The molecule has 3 saturated heterocycles. The summed E-state index contributed by atoms with van der Waals surface area (Å²) >= 11 is 0. The van der Waals surface area contributed by atoms with Crippen molar-refractivity contribution in [1.82, 2.24) is 16.0 Å². The fourth-order valence-electron chi connectivity index (χ4n) is 8.35. The average molecular weight is 1460 g/mol. The highest BCUT2D eigenvalue weighted by Crippen LogP contribution is 2.39. The molecule has 15 atom stereocenters. The standard InChI is InChI=1S/C50H96N3O39P3/c1-50(29-81-8-2-35(54)51-5-11-75-14-17-78-20-23-84-47-44(63)41(60)38(57)32(90-47)26-87-93(66,67)68,30-82-9-3-36(55)52-6-12-76-15-18-79-21-24-85-48-45(64)42(61)39(58)33(91-48)27-88-94(69,70)71)31-83-10-4-37(56)53-7-13-77-16-19-80-22-25-86-49-46(65)43(62)40(59)34(92-49)28-89-95(72,73)74/h32-34,38-49,57-65H,2-31H2,1H3,(H,51,54)(H,52,55)(H,53,56)(H2,66,67,68)(H2,69,70,71)(H2,72,73,74)/t32?,33?,34?,38?,39?,40?,41-,42?,43?,44?,45?,46?,47?,48?,49?,50?/m1/s1. The Morgan fingerprint density at radius 2 is 0.568 bits per heavy atom. The first-order chi connectivity index (χ1) is 44.9. The molecule has 3 fully saturated rings. The average Bonchev–Trinajstić information content (AvgIpc) is 0.838. The zero-order valence-electron chi connectivity index (χ0n) is 52.2. The number of carbonyl (C=O) groups is 3. The molecular formula is C50H96N3O39P3. The molecule has 3 aliphatic heterocycles. The van der Waals surface area contributed by atoms with Gasteiger partial charge in [0.05, 0.1) is 159 Å². The Morgan fingerprint density at radius 3 is 0.811 bits per heavy atom. The van der Waals surface area contributed by atoms with Crippen molar-refractivity contribution in [1.29, 1.82) is 0 Å². The summed E-state index contributed by atoms with van der Waals surface area (Å²) in [6, 6.07) is 0. The molecule has 0 aromatic rings. The number of aliphatic hydroxyl groups is 9. The van der Waals surface area contributed by atoms with Crippen molar-refractivity contribution in [3.63, 3.8) is 0 Å². The zero-order chi connectivity index (χ0) is 70.5. The number of nitrogens with one attached hydrogen (secondary N) is 3. The van der Waals surface area contributed by atoms with Crippen LogP contribution < -0.4 is 16.0 Å². The van der Waals surface area contributed by atoms with Crippen LogP contribution in [-0.4, -0.2) is 363 Å². The minimum Gasteiger partial charge on any atom is -0.387 e. The van der Waals surface area contributed by atoms with Gasteiger partial charge in [0.25, 0.3) is 0 Å². The molecule has 45 heteroatoms. The molecule has 14 unspecified atom stereocenters. The number of ether oxygens (including phenoxy) is 15. The van der Waals surface area contributed by atoms with Gasteiger partial charge in [-0.3, -0.25) is 28.0 Å². The highest BCUT2D eigenvalue weighted by Gasteiger charge is 2.47. The van der Waals surface area contributed by atoms with Crippen LogP contribution in [0.4, 0.5) is 0 Å². The number of phosphoric ester groups is 3. The maximum Gasteiger partial charge on any atom is 0.469 e. The van der Waals surface area contributed by atoms with Gasteiger partial charge in [-0.15, -0.1) is 0 Å². The summed E-state index contributed by atoms with van der Waals surface area (Å²) in [6.07, 6.45) is -24.1. The number of phosphoric acid groups is 3. The Balaban J connectivity index is 1.30. The van der Waals surface area contributed by atoms with Crippen molar-refractivity contribution >= 4 is 41.2 Å². The summed E-state index contributed by atoms with van der Waals surface area (Å²) in [5, 5.41) is 99.0. The molecule has 3 aliphatic rings. The fourth-order valence-corrected chi connectivity index (χ4v) is 9.37. The second-order valence-corrected chi connectivity index (χ2v) is 25.2. The van der Waals surface area contributed by atoms with Crippen LogP contribution >= 0.6 is 23.5 Å². The Bertz CT molecular complexity index is 2010. The van der Waals surface area contributed by atoms with E-state index in [1.807, 2.05) is 0 Å². The maximum atomic E-state index is 12.6. The summed E-state index contributed by atoms with van der Waals surface area (Å²) in [7, 11) is -14.7. The van der Waals surface area contributed by atoms with E-state index in [1.54, 1.807) is 6.92 Å². The third-order valence-electron chi connectivity index (χ3n) is 13.3. The molecule has 0 saturated carbocycles. The largest absolute Gasteiger partial charge is 0.469 e. The molecule has 0 bridgehead atoms. The third kappa shape index (κ3) is 38.4. The number of aliphatic hydroxyl groups excluding tert-OH is 9. The molecule has 3 rings (SSSR count). The summed E-state index contributed by atoms with van der Waals surface area (Å²) < 4.78 is 128. The molecule has 3 heterocycles. The molecule has 42 nitrogen and oxygen atoms in total. The van der Waals surface area contributed by atoms with Crippen LogP contribution in [0.3, 0.4) is 0 Å². The number of hydrogen-bond donors (Lipinski definition) is 18. The van der Waals surface area contributed by atoms with Gasteiger partial charge in [0, 0.05) is 44.3 Å². The summed E-state index contributed by atoms with van der Waals surface area (Å²) in [4.78, 5) is 91.2. The lowest BCUT2D eigenvalue weighted by atomic mass is 9.94. The van der Waals surface area contributed by atoms with Gasteiger partial charge in [0.15, 0.2) is 18.9 Å². The van der Waals surface area contributed by atoms with Gasteiger partial charge < -0.3 is 162 Å². The SMILES string of the molecule is CC(COCCC(=O)NCCOCCOCCOC1OC(COP(=O)(O)O)C(O)C(O)C1O)(COCCC(=O)NCCOCCOCCOC1OC(COP(=O)(O)O)C(O)C(O)C1O)COCCC(=O)NCCOCCOCCOC1OC(COP(=O)(O)O)C(O)[C@@H](O)C1O. The minimum absolute atomic E-state index is 0.00532. The molecule has 0 aromatic heterocycles. The van der Waals surface area contributed by atoms with Gasteiger partial charge >= 0.3 is 23.5 Å². The molecule has 95 heavy (non-hydrogen) atoms. The van der Waals surface area contributed by atoms with Crippen molar-refractivity contribution in [2.24, 2.45) is 5.41 Å². The smallest absolute Gasteiger partial charge is 0.387 e. The van der Waals surface area contributed by atoms with Gasteiger partial charge in [-0.05, 0) is 0 Å². The second-order valence-electron chi connectivity index (χ2n) is 21.5. The van der Waals surface area contributed by atoms with E-state index in [0.29, 0.717) is 0 Å². The van der Waals surface area contributed by atoms with Gasteiger partial charge in [-0.1, -0.05) is 6.92 Å². The van der Waals surface area contributed by atoms with Crippen LogP contribution in [0.5, 0.6) is 0 Å². The predicted molar refractivity (Wildman–Crippen MR) is 310 cm³/mol. The van der Waals surface area contributed by atoms with E-state index in [2.05, 4.69) is 29.5 Å². The number of hydrogen-bond acceptors (Lipinski definition) is 33. The molecule has 18 N–H and O–H groups in total. The minimum atomic E-state index is -4.91. The summed E-state index contributed by atoms with van der Waals surface area (Å²) in [6.45, 7) is 0.672. The zero-order valence-corrected chi connectivity index (χ0v) is 54.9. The van der Waals surface area contributed by atoms with Crippen molar-refractivity contribution in [3.8, 4) is 0 Å². The predicted octanol–water partition coefficient (Wildman–Crippen LogP) is -8.54. The molecule has 0 aliphatic carbocycles. The first-order valence-electron chi connectivity index (χ1n) is 29.9. The van der Waals surface area contributed by atoms with Crippen LogP contribution in [0.2, 0.25) is 0 Å². The third-order valence-corrected chi connectivity index (χ3v) is 14.8. The van der Waals surface area contributed by atoms with Gasteiger partial charge in [0.2, 0.25) is 17.7 Å². The Morgan fingerprint density at radius 1 is 0.337 bits per heavy atom. The van der Waals surface area contributed by atoms with Crippen LogP contribution in [0.25, 0.3) is 0 Å². The van der Waals surface area contributed by atoms with E-state index in [4.69, 9.17) is 100 Å². The van der Waals surface area contributed by atoms with E-state index >= 15 is 0 Å². The van der Waals surface area contributed by atoms with Crippen molar-refractivity contribution in [2.75, 3.05) is 178 Å². The lowest BCUT2D eigenvalue weighted by molar-refractivity contribution is -0.301. The topological polar surface area (TPSA) is 608 Å². The molecule has 3 amide bonds. The van der Waals surface area contributed by atoms with Crippen molar-refractivity contribution in [3.05, 3.63) is 0 Å². The summed E-state index contributed by atoms with van der Waals surface area (Å²) in [5.74, 6) is -1.02. The van der Waals surface area contributed by atoms with E-state index in [1.165, 1.54) is 0 Å². The molecular weight excluding hydrogens is 1360 g/mol. The maximum absolute atomic E-state index is 12.6. The Labute approximate surface area is 545 Å². The molecule has 0 aromatic carbocycles. The molecule has 0 radical (unpaired) electrons. The second kappa shape index (κ2) is 47.1. The Kier molecular flexibility index (Phi) is 43.1. The fraction of sp³-hybridized carbons (Fsp3) is 0.940. The van der Waals surface area contributed by atoms with Crippen LogP contribution in [0, 0.1) is 5.41 Å². The van der Waals surface area contributed by atoms with Gasteiger partial charge in [0.1, 0.15) is 73.2 Å². The van der Waals surface area contributed by atoms with E-state index < -0.39 is 141 Å². The van der Waals surface area contributed by atoms with Crippen molar-refractivity contribution < 1.29 is 188 Å². The number of carbonyl (C=O) groups excluding carboxylic acids is 3. The van der Waals surface area contributed by atoms with E-state index in [0.717, 1.165) is 0 Å². The first kappa shape index (κ1) is 87.0. The van der Waals surface area contributed by atoms with Crippen LogP contribution in [-0.2, 0) is 113 Å². The van der Waals surface area contributed by atoms with Gasteiger partial charge in [-0.2, -0.15) is 0 Å². The summed E-state index contributed by atoms with van der Waals surface area (Å²) in [5.41, 5.74) is -0.821. The lowest BCUT2D eigenvalue weighted by Crippen LogP contribution is -2.59. The monoisotopic (exact) mass is 1460 g/mol. The highest BCUT2D eigenvalue weighted by molar-refractivity contribution is 7.46.